The van der Waals surface area contributed by atoms with Gasteiger partial charge in [0.2, 0.25) is 5.88 Å². The smallest absolute Gasteiger partial charge is 0.263 e. The zero-order valence-electron chi connectivity index (χ0n) is 15.1. The maximum absolute atomic E-state index is 12.5. The van der Waals surface area contributed by atoms with E-state index in [0.29, 0.717) is 12.4 Å². The average molecular weight is 349 g/mol. The van der Waals surface area contributed by atoms with E-state index in [4.69, 9.17) is 4.74 Å². The summed E-state index contributed by atoms with van der Waals surface area (Å²) in [5, 5.41) is 7.32. The van der Waals surface area contributed by atoms with Crippen molar-refractivity contribution < 1.29 is 9.53 Å². The van der Waals surface area contributed by atoms with Crippen LogP contribution in [0.25, 0.3) is 5.69 Å². The molecule has 5 heteroatoms. The van der Waals surface area contributed by atoms with E-state index in [-0.39, 0.29) is 5.91 Å². The number of amides is 1. The van der Waals surface area contributed by atoms with Crippen LogP contribution in [-0.4, -0.2) is 27.8 Å². The lowest BCUT2D eigenvalue weighted by Gasteiger charge is -2.23. The Hall–Kier alpha value is -3.08. The van der Waals surface area contributed by atoms with Gasteiger partial charge in [0, 0.05) is 18.8 Å². The van der Waals surface area contributed by atoms with Gasteiger partial charge in [-0.3, -0.25) is 4.79 Å². The lowest BCUT2D eigenvalue weighted by molar-refractivity contribution is -0.134. The van der Waals surface area contributed by atoms with Gasteiger partial charge in [0.1, 0.15) is 0 Å². The number of carbonyl (C=O) groups excluding carboxylic acids is 1. The van der Waals surface area contributed by atoms with Gasteiger partial charge in [-0.1, -0.05) is 48.5 Å². The van der Waals surface area contributed by atoms with Crippen molar-refractivity contribution >= 4 is 5.91 Å². The summed E-state index contributed by atoms with van der Waals surface area (Å²) in [6.45, 7) is 4.05. The third-order valence-corrected chi connectivity index (χ3v) is 4.03. The van der Waals surface area contributed by atoms with E-state index in [1.807, 2.05) is 66.9 Å². The van der Waals surface area contributed by atoms with Crippen molar-refractivity contribution in [1.29, 1.82) is 0 Å². The molecule has 1 aromatic heterocycles. The predicted molar refractivity (Wildman–Crippen MR) is 101 cm³/mol. The summed E-state index contributed by atoms with van der Waals surface area (Å²) in [7, 11) is 0. The van der Waals surface area contributed by atoms with Gasteiger partial charge in [0.25, 0.3) is 5.91 Å². The Morgan fingerprint density at radius 3 is 2.38 bits per heavy atom. The maximum Gasteiger partial charge on any atom is 0.263 e. The molecule has 1 amide bonds. The number of hydrogen-bond acceptors (Lipinski definition) is 3. The SMILES string of the molecule is CC(C)(Oc1ccn(-c2ccccc2)n1)C(=O)NCCc1ccccc1. The van der Waals surface area contributed by atoms with Crippen LogP contribution in [0.3, 0.4) is 0 Å². The second-order valence-electron chi connectivity index (χ2n) is 6.54. The van der Waals surface area contributed by atoms with E-state index in [9.17, 15) is 4.79 Å². The fourth-order valence-electron chi connectivity index (χ4n) is 2.57. The summed E-state index contributed by atoms with van der Waals surface area (Å²) < 4.78 is 7.55. The van der Waals surface area contributed by atoms with Crippen LogP contribution in [0.2, 0.25) is 0 Å². The molecule has 3 rings (SSSR count). The molecule has 0 saturated heterocycles. The van der Waals surface area contributed by atoms with Gasteiger partial charge in [-0.25, -0.2) is 4.68 Å². The summed E-state index contributed by atoms with van der Waals surface area (Å²) in [5.74, 6) is 0.250. The molecule has 0 aliphatic heterocycles. The van der Waals surface area contributed by atoms with Crippen LogP contribution in [0, 0.1) is 0 Å². The lowest BCUT2D eigenvalue weighted by atomic mass is 10.1. The van der Waals surface area contributed by atoms with Crippen LogP contribution in [0.1, 0.15) is 19.4 Å². The quantitative estimate of drug-likeness (QED) is 0.711. The standard InChI is InChI=1S/C21H23N3O2/c1-21(2,20(25)22-15-13-17-9-5-3-6-10-17)26-19-14-16-24(23-19)18-11-7-4-8-12-18/h3-12,14,16H,13,15H2,1-2H3,(H,22,25). The second kappa shape index (κ2) is 7.87. The molecule has 0 unspecified atom stereocenters. The number of aromatic nitrogens is 2. The first-order chi connectivity index (χ1) is 12.5. The third-order valence-electron chi connectivity index (χ3n) is 4.03. The van der Waals surface area contributed by atoms with Crippen LogP contribution in [0.5, 0.6) is 5.88 Å². The van der Waals surface area contributed by atoms with E-state index >= 15 is 0 Å². The minimum absolute atomic E-state index is 0.164. The number of nitrogens with zero attached hydrogens (tertiary/aromatic N) is 2. The molecule has 0 bridgehead atoms. The molecule has 0 spiro atoms. The highest BCUT2D eigenvalue weighted by Crippen LogP contribution is 2.18. The van der Waals surface area contributed by atoms with E-state index in [2.05, 4.69) is 10.4 Å². The first-order valence-corrected chi connectivity index (χ1v) is 8.67. The van der Waals surface area contributed by atoms with Crippen LogP contribution in [-0.2, 0) is 11.2 Å². The van der Waals surface area contributed by atoms with Crippen LogP contribution in [0.4, 0.5) is 0 Å². The van der Waals surface area contributed by atoms with E-state index in [0.717, 1.165) is 12.1 Å². The Kier molecular flexibility index (Phi) is 5.37. The second-order valence-corrected chi connectivity index (χ2v) is 6.54. The van der Waals surface area contributed by atoms with Gasteiger partial charge in [-0.15, -0.1) is 5.10 Å². The highest BCUT2D eigenvalue weighted by atomic mass is 16.5. The largest absolute Gasteiger partial charge is 0.460 e. The van der Waals surface area contributed by atoms with E-state index < -0.39 is 5.60 Å². The monoisotopic (exact) mass is 349 g/mol. The molecule has 0 atom stereocenters. The Morgan fingerprint density at radius 1 is 1.04 bits per heavy atom. The van der Waals surface area contributed by atoms with Gasteiger partial charge in [-0.05, 0) is 38.0 Å². The molecule has 0 radical (unpaired) electrons. The van der Waals surface area contributed by atoms with E-state index in [1.165, 1.54) is 5.56 Å². The number of ether oxygens (including phenoxy) is 1. The van der Waals surface area contributed by atoms with Crippen molar-refractivity contribution in [2.75, 3.05) is 6.54 Å². The van der Waals surface area contributed by atoms with Crippen molar-refractivity contribution in [3.05, 3.63) is 78.5 Å². The molecule has 1 N–H and O–H groups in total. The van der Waals surface area contributed by atoms with Crippen LogP contribution < -0.4 is 10.1 Å². The van der Waals surface area contributed by atoms with Crippen LogP contribution in [0.15, 0.2) is 72.9 Å². The molecule has 0 aliphatic rings. The van der Waals surface area contributed by atoms with Gasteiger partial charge in [-0.2, -0.15) is 0 Å². The molecule has 5 nitrogen and oxygen atoms in total. The molecule has 3 aromatic rings. The summed E-state index contributed by atoms with van der Waals surface area (Å²) in [6, 6.07) is 21.6. The molecule has 26 heavy (non-hydrogen) atoms. The lowest BCUT2D eigenvalue weighted by Crippen LogP contribution is -2.47. The minimum Gasteiger partial charge on any atom is -0.460 e. The molecule has 0 fully saturated rings. The van der Waals surface area contributed by atoms with Crippen molar-refractivity contribution in [2.45, 2.75) is 25.9 Å². The van der Waals surface area contributed by atoms with Gasteiger partial charge in [0.15, 0.2) is 5.60 Å². The number of nitrogens with one attached hydrogen (secondary N) is 1. The number of hydrogen-bond donors (Lipinski definition) is 1. The Bertz CT molecular complexity index is 842. The van der Waals surface area contributed by atoms with Crippen molar-refractivity contribution in [1.82, 2.24) is 15.1 Å². The predicted octanol–water partition coefficient (Wildman–Crippen LogP) is 3.39. The Labute approximate surface area is 153 Å². The molecular weight excluding hydrogens is 326 g/mol. The van der Waals surface area contributed by atoms with Gasteiger partial charge < -0.3 is 10.1 Å². The van der Waals surface area contributed by atoms with Gasteiger partial charge in [0.05, 0.1) is 5.69 Å². The van der Waals surface area contributed by atoms with E-state index in [1.54, 1.807) is 24.6 Å². The summed E-state index contributed by atoms with van der Waals surface area (Å²) >= 11 is 0. The highest BCUT2D eigenvalue weighted by molar-refractivity contribution is 5.84. The number of carbonyl (C=O) groups is 1. The first-order valence-electron chi connectivity index (χ1n) is 8.67. The summed E-state index contributed by atoms with van der Waals surface area (Å²) in [4.78, 5) is 12.5. The topological polar surface area (TPSA) is 56.2 Å². The first kappa shape index (κ1) is 17.7. The molecular formula is C21H23N3O2. The highest BCUT2D eigenvalue weighted by Gasteiger charge is 2.30. The number of para-hydroxylation sites is 1. The fraction of sp³-hybridized carbons (Fsp3) is 0.238. The normalized spacial score (nSPS) is 11.2. The summed E-state index contributed by atoms with van der Waals surface area (Å²) in [5.41, 5.74) is 1.12. The molecule has 0 saturated carbocycles. The third kappa shape index (κ3) is 4.51. The molecule has 1 heterocycles. The molecule has 0 aliphatic carbocycles. The zero-order valence-corrected chi connectivity index (χ0v) is 15.1. The summed E-state index contributed by atoms with van der Waals surface area (Å²) in [6.07, 6.45) is 2.60. The fourth-order valence-corrected chi connectivity index (χ4v) is 2.57. The zero-order chi connectivity index (χ0) is 18.4. The number of rotatable bonds is 7. The number of benzene rings is 2. The molecule has 134 valence electrons. The van der Waals surface area contributed by atoms with Crippen molar-refractivity contribution in [2.24, 2.45) is 0 Å². The Balaban J connectivity index is 1.56. The average Bonchev–Trinajstić information content (AvgIpc) is 3.11. The molecule has 2 aromatic carbocycles. The minimum atomic E-state index is -1.01. The van der Waals surface area contributed by atoms with Gasteiger partial charge >= 0.3 is 0 Å². The Morgan fingerprint density at radius 2 is 1.69 bits per heavy atom. The van der Waals surface area contributed by atoms with Crippen LogP contribution >= 0.6 is 0 Å². The van der Waals surface area contributed by atoms with Crippen molar-refractivity contribution in [3.63, 3.8) is 0 Å². The maximum atomic E-state index is 12.5. The van der Waals surface area contributed by atoms with Crippen molar-refractivity contribution in [3.8, 4) is 11.6 Å².